The first-order valence-corrected chi connectivity index (χ1v) is 7.60. The van der Waals surface area contributed by atoms with E-state index in [1.807, 2.05) is 12.1 Å². The van der Waals surface area contributed by atoms with Crippen LogP contribution in [0, 0.1) is 23.2 Å². The molecule has 2 aliphatic rings. The molecule has 24 heavy (non-hydrogen) atoms. The van der Waals surface area contributed by atoms with E-state index in [-0.39, 0.29) is 17.5 Å². The Hall–Kier alpha value is -3.27. The Morgan fingerprint density at radius 1 is 1.04 bits per heavy atom. The maximum Gasteiger partial charge on any atom is 0.239 e. The summed E-state index contributed by atoms with van der Waals surface area (Å²) in [5.41, 5.74) is 0.872. The fourth-order valence-corrected chi connectivity index (χ4v) is 3.30. The van der Waals surface area contributed by atoms with Crippen LogP contribution >= 0.6 is 0 Å². The normalized spacial score (nSPS) is 22.6. The molecule has 0 spiro atoms. The van der Waals surface area contributed by atoms with Crippen LogP contribution in [0.4, 0.5) is 11.6 Å². The number of anilines is 2. The molecule has 2 aromatic rings. The van der Waals surface area contributed by atoms with E-state index in [0.29, 0.717) is 24.7 Å². The van der Waals surface area contributed by atoms with Crippen LogP contribution in [0.1, 0.15) is 5.69 Å². The van der Waals surface area contributed by atoms with Crippen LogP contribution in [0.25, 0.3) is 0 Å². The average molecular weight is 319 g/mol. The fraction of sp³-hybridized carbons (Fsp3) is 0.235. The zero-order chi connectivity index (χ0) is 16.7. The van der Waals surface area contributed by atoms with E-state index < -0.39 is 11.8 Å². The molecule has 3 heterocycles. The molecule has 0 aliphatic carbocycles. The summed E-state index contributed by atoms with van der Waals surface area (Å²) in [4.78, 5) is 36.7. The topological polar surface area (TPSA) is 90.2 Å². The van der Waals surface area contributed by atoms with E-state index in [1.54, 1.807) is 29.2 Å². The van der Waals surface area contributed by atoms with E-state index in [2.05, 4.69) is 9.97 Å². The number of fused-ring (bicyclic) bond motifs is 1. The zero-order valence-corrected chi connectivity index (χ0v) is 12.7. The van der Waals surface area contributed by atoms with Crippen molar-refractivity contribution in [1.29, 1.82) is 5.26 Å². The standard InChI is InChI=1S/C17H13N5O2/c18-8-11-6-7-19-17(20-11)21-9-13-14(10-21)16(24)22(15(13)23)12-4-2-1-3-5-12/h1-7,13-14H,9-10H2. The number of carbonyl (C=O) groups is 2. The summed E-state index contributed by atoms with van der Waals surface area (Å²) < 4.78 is 0. The van der Waals surface area contributed by atoms with Crippen molar-refractivity contribution < 1.29 is 9.59 Å². The molecule has 0 radical (unpaired) electrons. The van der Waals surface area contributed by atoms with Gasteiger partial charge in [-0.25, -0.2) is 14.9 Å². The van der Waals surface area contributed by atoms with Gasteiger partial charge in [0.2, 0.25) is 17.8 Å². The monoisotopic (exact) mass is 319 g/mol. The molecule has 7 heteroatoms. The summed E-state index contributed by atoms with van der Waals surface area (Å²) in [5.74, 6) is -0.778. The number of aromatic nitrogens is 2. The molecule has 2 aliphatic heterocycles. The average Bonchev–Trinajstić information content (AvgIpc) is 3.16. The van der Waals surface area contributed by atoms with Gasteiger partial charge in [-0.2, -0.15) is 5.26 Å². The second-order valence-corrected chi connectivity index (χ2v) is 5.82. The van der Waals surface area contributed by atoms with Gasteiger partial charge in [0.15, 0.2) is 0 Å². The number of amides is 2. The van der Waals surface area contributed by atoms with Gasteiger partial charge in [0.05, 0.1) is 17.5 Å². The van der Waals surface area contributed by atoms with Crippen LogP contribution in [-0.2, 0) is 9.59 Å². The first-order valence-electron chi connectivity index (χ1n) is 7.60. The summed E-state index contributed by atoms with van der Waals surface area (Å²) in [7, 11) is 0. The number of para-hydroxylation sites is 1. The van der Waals surface area contributed by atoms with Gasteiger partial charge in [-0.05, 0) is 18.2 Å². The molecule has 0 bridgehead atoms. The van der Waals surface area contributed by atoms with E-state index >= 15 is 0 Å². The maximum absolute atomic E-state index is 12.7. The van der Waals surface area contributed by atoms with Gasteiger partial charge in [-0.15, -0.1) is 0 Å². The summed E-state index contributed by atoms with van der Waals surface area (Å²) in [5, 5.41) is 8.94. The summed E-state index contributed by atoms with van der Waals surface area (Å²) in [6, 6.07) is 12.5. The van der Waals surface area contributed by atoms with Crippen LogP contribution in [-0.4, -0.2) is 34.9 Å². The molecule has 2 amide bonds. The lowest BCUT2D eigenvalue weighted by Crippen LogP contribution is -2.36. The smallest absolute Gasteiger partial charge is 0.239 e. The zero-order valence-electron chi connectivity index (χ0n) is 12.7. The minimum atomic E-state index is -0.396. The molecular formula is C17H13N5O2. The van der Waals surface area contributed by atoms with Crippen molar-refractivity contribution in [2.45, 2.75) is 0 Å². The second kappa shape index (κ2) is 5.42. The van der Waals surface area contributed by atoms with Gasteiger partial charge in [-0.3, -0.25) is 9.59 Å². The predicted octanol–water partition coefficient (Wildman–Crippen LogP) is 0.974. The van der Waals surface area contributed by atoms with Gasteiger partial charge in [-0.1, -0.05) is 18.2 Å². The number of rotatable bonds is 2. The van der Waals surface area contributed by atoms with Crippen LogP contribution in [0.3, 0.4) is 0 Å². The Bertz CT molecular complexity index is 837. The SMILES string of the molecule is N#Cc1ccnc(N2CC3C(=O)N(c4ccccc4)C(=O)C3C2)n1. The summed E-state index contributed by atoms with van der Waals surface area (Å²) >= 11 is 0. The molecule has 2 atom stereocenters. The number of nitrogens with zero attached hydrogens (tertiary/aromatic N) is 5. The third kappa shape index (κ3) is 2.12. The van der Waals surface area contributed by atoms with Crippen molar-refractivity contribution >= 4 is 23.5 Å². The molecule has 1 aromatic heterocycles. The third-order valence-electron chi connectivity index (χ3n) is 4.45. The number of imide groups is 1. The van der Waals surface area contributed by atoms with Gasteiger partial charge in [0, 0.05) is 19.3 Å². The van der Waals surface area contributed by atoms with Crippen molar-refractivity contribution in [2.75, 3.05) is 22.9 Å². The predicted molar refractivity (Wildman–Crippen MR) is 84.9 cm³/mol. The van der Waals surface area contributed by atoms with E-state index in [0.717, 1.165) is 0 Å². The summed E-state index contributed by atoms with van der Waals surface area (Å²) in [6.07, 6.45) is 1.51. The molecule has 7 nitrogen and oxygen atoms in total. The Balaban J connectivity index is 1.59. The highest BCUT2D eigenvalue weighted by molar-refractivity contribution is 6.22. The Labute approximate surface area is 138 Å². The minimum Gasteiger partial charge on any atom is -0.339 e. The number of nitriles is 1. The lowest BCUT2D eigenvalue weighted by atomic mass is 10.00. The lowest BCUT2D eigenvalue weighted by Gasteiger charge is -2.20. The highest BCUT2D eigenvalue weighted by Gasteiger charge is 2.53. The second-order valence-electron chi connectivity index (χ2n) is 5.82. The van der Waals surface area contributed by atoms with Gasteiger partial charge in [0.25, 0.3) is 0 Å². The Morgan fingerprint density at radius 3 is 2.33 bits per heavy atom. The Kier molecular flexibility index (Phi) is 3.24. The molecule has 0 N–H and O–H groups in total. The third-order valence-corrected chi connectivity index (χ3v) is 4.45. The molecular weight excluding hydrogens is 306 g/mol. The molecule has 0 saturated carbocycles. The van der Waals surface area contributed by atoms with Gasteiger partial charge in [0.1, 0.15) is 11.8 Å². The first-order chi connectivity index (χ1) is 11.7. The largest absolute Gasteiger partial charge is 0.339 e. The van der Waals surface area contributed by atoms with E-state index in [1.165, 1.54) is 17.2 Å². The van der Waals surface area contributed by atoms with Gasteiger partial charge < -0.3 is 4.90 Å². The van der Waals surface area contributed by atoms with Crippen molar-refractivity contribution in [3.63, 3.8) is 0 Å². The van der Waals surface area contributed by atoms with E-state index in [9.17, 15) is 9.59 Å². The molecule has 2 unspecified atom stereocenters. The minimum absolute atomic E-state index is 0.185. The number of hydrogen-bond acceptors (Lipinski definition) is 6. The Morgan fingerprint density at radius 2 is 1.71 bits per heavy atom. The van der Waals surface area contributed by atoms with Crippen LogP contribution in [0.2, 0.25) is 0 Å². The number of hydrogen-bond donors (Lipinski definition) is 0. The highest BCUT2D eigenvalue weighted by atomic mass is 16.2. The van der Waals surface area contributed by atoms with Crippen LogP contribution in [0.15, 0.2) is 42.6 Å². The maximum atomic E-state index is 12.7. The van der Waals surface area contributed by atoms with Crippen LogP contribution in [0.5, 0.6) is 0 Å². The molecule has 2 fully saturated rings. The molecule has 1 aromatic carbocycles. The van der Waals surface area contributed by atoms with Crippen molar-refractivity contribution in [3.8, 4) is 6.07 Å². The molecule has 2 saturated heterocycles. The summed E-state index contributed by atoms with van der Waals surface area (Å²) in [6.45, 7) is 0.765. The van der Waals surface area contributed by atoms with Crippen molar-refractivity contribution in [2.24, 2.45) is 11.8 Å². The fourth-order valence-electron chi connectivity index (χ4n) is 3.30. The van der Waals surface area contributed by atoms with Crippen molar-refractivity contribution in [1.82, 2.24) is 9.97 Å². The molecule has 118 valence electrons. The highest BCUT2D eigenvalue weighted by Crippen LogP contribution is 2.37. The lowest BCUT2D eigenvalue weighted by molar-refractivity contribution is -0.122. The number of benzene rings is 1. The first kappa shape index (κ1) is 14.3. The van der Waals surface area contributed by atoms with Crippen LogP contribution < -0.4 is 9.80 Å². The molecule has 4 rings (SSSR count). The van der Waals surface area contributed by atoms with Gasteiger partial charge >= 0.3 is 0 Å². The quantitative estimate of drug-likeness (QED) is 0.766. The van der Waals surface area contributed by atoms with E-state index in [4.69, 9.17) is 5.26 Å². The van der Waals surface area contributed by atoms with Crippen molar-refractivity contribution in [3.05, 3.63) is 48.3 Å². The number of carbonyl (C=O) groups excluding carboxylic acids is 2.